The van der Waals surface area contributed by atoms with E-state index >= 15 is 0 Å². The highest BCUT2D eigenvalue weighted by molar-refractivity contribution is 7.20. The molecule has 0 saturated carbocycles. The largest absolute Gasteiger partial charge is 0.478 e. The first-order valence-corrected chi connectivity index (χ1v) is 22.6. The summed E-state index contributed by atoms with van der Waals surface area (Å²) in [5.41, 5.74) is -29.6. The zero-order valence-corrected chi connectivity index (χ0v) is 40.7. The number of esters is 1. The van der Waals surface area contributed by atoms with Crippen LogP contribution in [0.1, 0.15) is 75.7 Å². The molecule has 0 fully saturated rings. The second-order valence-electron chi connectivity index (χ2n) is 17.8. The number of ketones is 1. The molecule has 0 spiro atoms. The Bertz CT molecular complexity index is 3160. The number of hydrogen-bond acceptors (Lipinski definition) is 5. The molecule has 84 heavy (non-hydrogen) atoms. The third kappa shape index (κ3) is 15.1. The van der Waals surface area contributed by atoms with Crippen molar-refractivity contribution >= 4 is 45.7 Å². The van der Waals surface area contributed by atoms with Crippen LogP contribution < -0.4 is 31.2 Å². The number of carboxylic acid groups (broad SMARTS) is 1. The maximum absolute atomic E-state index is 14.2. The molecule has 1 aromatic heterocycles. The number of rotatable bonds is 10. The second kappa shape index (κ2) is 22.9. The van der Waals surface area contributed by atoms with Gasteiger partial charge in [0.1, 0.15) is 11.9 Å². The summed E-state index contributed by atoms with van der Waals surface area (Å²) >= 11 is 0. The van der Waals surface area contributed by atoms with Crippen LogP contribution in [-0.4, -0.2) is 34.0 Å². The molecule has 1 heterocycles. The number of carboxylic acids is 1. The van der Waals surface area contributed by atoms with Gasteiger partial charge in [-0.15, -0.1) is 0 Å². The maximum Gasteiger partial charge on any atom is 0.416 e. The van der Waals surface area contributed by atoms with Crippen LogP contribution in [0.25, 0.3) is 0 Å². The van der Waals surface area contributed by atoms with Crippen molar-refractivity contribution in [3.63, 3.8) is 0 Å². The lowest BCUT2D eigenvalue weighted by molar-refractivity contribution is -0.683. The Hall–Kier alpha value is -8.61. The number of alkyl halides is 24. The average molecular weight is 1230 g/mol. The quantitative estimate of drug-likeness (QED) is 0.0366. The zero-order chi connectivity index (χ0) is 63.1. The van der Waals surface area contributed by atoms with Gasteiger partial charge >= 0.3 is 61.3 Å². The SMILES string of the molecule is FC(F)(F)c1cc([B-](c2cc(C(F)(F)F)cc(C(F)(F)F)c2)(c2cc(C(F)(F)F)cc(C(F)(F)F)c2)c2cc(C(F)(F)F)cc(C(F)(F)F)c2)cc(C(F)(F)F)c1.O=C(O)c1cccc(OC(=O)c2c[n+](CC(=O)c3ccccc3)ccn2)c1. The monoisotopic (exact) mass is 1230 g/mol. The molecule has 6 aromatic carbocycles. The molecular formula is C52H27BF24N2O5. The number of hydrogen-bond donors (Lipinski definition) is 1. The number of carbonyl (C=O) groups is 3. The maximum atomic E-state index is 14.2. The number of ether oxygens (including phenoxy) is 1. The van der Waals surface area contributed by atoms with Crippen LogP contribution in [0, 0.1) is 0 Å². The van der Waals surface area contributed by atoms with Crippen molar-refractivity contribution in [3.05, 3.63) is 207 Å². The summed E-state index contributed by atoms with van der Waals surface area (Å²) in [6.07, 6.45) is -50.4. The molecule has 0 amide bonds. The summed E-state index contributed by atoms with van der Waals surface area (Å²) in [4.78, 5) is 39.5. The molecule has 0 saturated heterocycles. The first kappa shape index (κ1) is 64.6. The van der Waals surface area contributed by atoms with Gasteiger partial charge in [0, 0.05) is 5.56 Å². The zero-order valence-electron chi connectivity index (χ0n) is 40.7. The highest BCUT2D eigenvalue weighted by atomic mass is 19.4. The average Bonchev–Trinajstić information content (AvgIpc) is 0.762. The first-order valence-electron chi connectivity index (χ1n) is 22.6. The van der Waals surface area contributed by atoms with Gasteiger partial charge in [-0.3, -0.25) is 4.79 Å². The molecule has 0 atom stereocenters. The van der Waals surface area contributed by atoms with Crippen LogP contribution in [0.5, 0.6) is 5.75 Å². The smallest absolute Gasteiger partial charge is 0.416 e. The second-order valence-corrected chi connectivity index (χ2v) is 17.8. The lowest BCUT2D eigenvalue weighted by atomic mass is 9.12. The van der Waals surface area contributed by atoms with Gasteiger partial charge in [-0.25, -0.2) is 14.6 Å². The summed E-state index contributed by atoms with van der Waals surface area (Å²) in [6.45, 7) is 0.0430. The number of carbonyl (C=O) groups excluding carboxylic acids is 2. The van der Waals surface area contributed by atoms with Gasteiger partial charge in [-0.1, -0.05) is 84.9 Å². The fourth-order valence-corrected chi connectivity index (χ4v) is 8.44. The number of benzene rings is 6. The van der Waals surface area contributed by atoms with Crippen molar-refractivity contribution in [1.82, 2.24) is 4.98 Å². The standard InChI is InChI=1S/C32H12BF24.C20H14N2O5/c34-25(35,36)13-1-14(26(37,38)39)6-21(5-13)33(22-7-15(27(40,41)42)2-16(8-22)28(43,44)45,23-9-17(29(46,47)48)3-18(10-23)30(49,50)51)24-11-19(31(52,53)54)4-20(12-24)32(55,56)57;23-18(14-5-2-1-3-6-14)13-22-10-9-21-17(12-22)20(26)27-16-8-4-7-15(11-16)19(24)25/h1-12H;1-12H,13H2/q-1;/p+1. The van der Waals surface area contributed by atoms with E-state index in [9.17, 15) is 120 Å². The normalized spacial score (nSPS) is 13.0. The van der Waals surface area contributed by atoms with Crippen LogP contribution in [0.2, 0.25) is 0 Å². The molecule has 0 radical (unpaired) electrons. The van der Waals surface area contributed by atoms with Gasteiger partial charge < -0.3 is 9.84 Å². The molecule has 7 rings (SSSR count). The molecule has 7 nitrogen and oxygen atoms in total. The predicted molar refractivity (Wildman–Crippen MR) is 244 cm³/mol. The van der Waals surface area contributed by atoms with E-state index in [1.807, 2.05) is 6.07 Å². The van der Waals surface area contributed by atoms with Gasteiger partial charge in [-0.2, -0.15) is 132 Å². The third-order valence-corrected chi connectivity index (χ3v) is 12.1. The topological polar surface area (TPSA) is 97.4 Å². The molecule has 0 aliphatic rings. The van der Waals surface area contributed by atoms with Crippen molar-refractivity contribution in [3.8, 4) is 5.75 Å². The highest BCUT2D eigenvalue weighted by Crippen LogP contribution is 2.41. The fraction of sp³-hybridized carbons (Fsp3) is 0.173. The van der Waals surface area contributed by atoms with E-state index in [4.69, 9.17) is 9.84 Å². The number of nitrogens with zero attached hydrogens (tertiary/aromatic N) is 2. The van der Waals surface area contributed by atoms with Crippen molar-refractivity contribution in [2.24, 2.45) is 0 Å². The number of aromatic nitrogens is 2. The Balaban J connectivity index is 0.000000347. The Morgan fingerprint density at radius 1 is 0.417 bits per heavy atom. The summed E-state index contributed by atoms with van der Waals surface area (Å²) in [6, 6.07) is 5.59. The van der Waals surface area contributed by atoms with E-state index in [0.29, 0.717) is 5.56 Å². The van der Waals surface area contributed by atoms with E-state index in [0.717, 1.165) is 0 Å². The molecule has 0 unspecified atom stereocenters. The molecule has 32 heteroatoms. The van der Waals surface area contributed by atoms with Crippen molar-refractivity contribution in [1.29, 1.82) is 0 Å². The molecule has 0 bridgehead atoms. The number of aromatic carboxylic acids is 1. The van der Waals surface area contributed by atoms with E-state index in [1.165, 1.54) is 41.2 Å². The van der Waals surface area contributed by atoms with E-state index in [2.05, 4.69) is 4.98 Å². The Labute approximate surface area is 453 Å². The molecule has 0 aliphatic carbocycles. The minimum atomic E-state index is -6.13. The van der Waals surface area contributed by atoms with Crippen LogP contribution >= 0.6 is 0 Å². The summed E-state index contributed by atoms with van der Waals surface area (Å²) in [5.74, 6) is -1.89. The van der Waals surface area contributed by atoms with Crippen molar-refractivity contribution < 1.29 is 134 Å². The molecule has 1 N–H and O–H groups in total. The fourth-order valence-electron chi connectivity index (χ4n) is 8.44. The van der Waals surface area contributed by atoms with E-state index in [-0.39, 0.29) is 29.3 Å². The lowest BCUT2D eigenvalue weighted by Gasteiger charge is -2.46. The summed E-state index contributed by atoms with van der Waals surface area (Å²) in [7, 11) is 0. The van der Waals surface area contributed by atoms with E-state index < -0.39 is 207 Å². The van der Waals surface area contributed by atoms with Crippen molar-refractivity contribution in [2.75, 3.05) is 0 Å². The first-order chi connectivity index (χ1) is 38.3. The Morgan fingerprint density at radius 3 is 1.02 bits per heavy atom. The minimum absolute atomic E-state index is 0.000843. The number of halogens is 24. The van der Waals surface area contributed by atoms with Crippen LogP contribution in [0.15, 0.2) is 146 Å². The molecular weight excluding hydrogens is 1200 g/mol. The third-order valence-electron chi connectivity index (χ3n) is 12.1. The van der Waals surface area contributed by atoms with Crippen LogP contribution in [0.3, 0.4) is 0 Å². The Kier molecular flexibility index (Phi) is 17.6. The molecule has 0 aliphatic heterocycles. The predicted octanol–water partition coefficient (Wildman–Crippen LogP) is 13.4. The van der Waals surface area contributed by atoms with Crippen LogP contribution in [-0.2, 0) is 56.0 Å². The lowest BCUT2D eigenvalue weighted by Crippen LogP contribution is -2.75. The van der Waals surface area contributed by atoms with Gasteiger partial charge in [0.15, 0.2) is 6.20 Å². The summed E-state index contributed by atoms with van der Waals surface area (Å²) in [5, 5.41) is 8.99. The van der Waals surface area contributed by atoms with Gasteiger partial charge in [0.2, 0.25) is 24.2 Å². The minimum Gasteiger partial charge on any atom is -0.478 e. The van der Waals surface area contributed by atoms with Crippen molar-refractivity contribution in [2.45, 2.75) is 56.0 Å². The molecule has 446 valence electrons. The van der Waals surface area contributed by atoms with Gasteiger partial charge in [0.25, 0.3) is 0 Å². The van der Waals surface area contributed by atoms with E-state index in [1.54, 1.807) is 30.5 Å². The van der Waals surface area contributed by atoms with Gasteiger partial charge in [-0.05, 0) is 42.5 Å². The van der Waals surface area contributed by atoms with Crippen LogP contribution in [0.4, 0.5) is 105 Å². The molecule has 7 aromatic rings. The summed E-state index contributed by atoms with van der Waals surface area (Å²) < 4.78 is 348. The Morgan fingerprint density at radius 2 is 0.726 bits per heavy atom. The highest BCUT2D eigenvalue weighted by Gasteiger charge is 2.47. The van der Waals surface area contributed by atoms with Gasteiger partial charge in [0.05, 0.1) is 56.3 Å². The number of Topliss-reactive ketones (excluding diaryl/α,β-unsaturated/α-hetero) is 1.